The molecular weight excluding hydrogens is 299 g/mol. The van der Waals surface area contributed by atoms with Crippen LogP contribution >= 0.6 is 0 Å². The van der Waals surface area contributed by atoms with E-state index in [9.17, 15) is 4.39 Å². The van der Waals surface area contributed by atoms with Crippen LogP contribution in [-0.2, 0) is 0 Å². The summed E-state index contributed by atoms with van der Waals surface area (Å²) in [7, 11) is -0.277. The van der Waals surface area contributed by atoms with Crippen LogP contribution in [0.15, 0.2) is 24.3 Å². The number of halogens is 1. The number of rotatable bonds is 5. The third-order valence-corrected chi connectivity index (χ3v) is 10.2. The average molecular weight is 333 g/mol. The van der Waals surface area contributed by atoms with E-state index in [0.29, 0.717) is 5.92 Å². The summed E-state index contributed by atoms with van der Waals surface area (Å²) in [6, 6.07) is 12.0. The molecule has 2 aliphatic rings. The van der Waals surface area contributed by atoms with Crippen LogP contribution in [0.25, 0.3) is 0 Å². The van der Waals surface area contributed by atoms with Gasteiger partial charge in [0, 0.05) is 8.80 Å². The maximum Gasteiger partial charge on any atom is 0.123 e. The molecule has 128 valence electrons. The second-order valence-electron chi connectivity index (χ2n) is 8.14. The molecule has 0 nitrogen and oxygen atoms in total. The van der Waals surface area contributed by atoms with Crippen molar-refractivity contribution in [2.75, 3.05) is 0 Å². The zero-order valence-corrected chi connectivity index (χ0v) is 15.9. The van der Waals surface area contributed by atoms with Gasteiger partial charge in [0.05, 0.1) is 0 Å². The standard InChI is InChI=1S/C21H33FSi/c1-2-23-15-13-18(14-16-23)4-3-17-5-7-19(8-6-17)20-9-11-21(22)12-10-20/h9-12,17-19,23H,2-8,13-16H2,1H3/t17-,18-,19-,23-. The molecule has 1 aromatic rings. The van der Waals surface area contributed by atoms with Crippen molar-refractivity contribution in [3.8, 4) is 0 Å². The Bertz CT molecular complexity index is 453. The molecule has 0 radical (unpaired) electrons. The number of hydrogen-bond acceptors (Lipinski definition) is 0. The highest BCUT2D eigenvalue weighted by Gasteiger charge is 2.25. The summed E-state index contributed by atoms with van der Waals surface area (Å²) in [5.74, 6) is 2.59. The second-order valence-corrected chi connectivity index (χ2v) is 11.8. The lowest BCUT2D eigenvalue weighted by Gasteiger charge is -2.31. The van der Waals surface area contributed by atoms with Crippen molar-refractivity contribution in [3.05, 3.63) is 35.6 Å². The Morgan fingerprint density at radius 1 is 0.870 bits per heavy atom. The zero-order chi connectivity index (χ0) is 16.1. The van der Waals surface area contributed by atoms with E-state index in [-0.39, 0.29) is 14.6 Å². The van der Waals surface area contributed by atoms with E-state index in [0.717, 1.165) is 11.8 Å². The Hall–Kier alpha value is -0.633. The van der Waals surface area contributed by atoms with E-state index < -0.39 is 0 Å². The minimum absolute atomic E-state index is 0.108. The van der Waals surface area contributed by atoms with E-state index in [1.54, 1.807) is 37.1 Å². The van der Waals surface area contributed by atoms with E-state index in [1.165, 1.54) is 50.1 Å². The van der Waals surface area contributed by atoms with Crippen LogP contribution in [0, 0.1) is 17.7 Å². The van der Waals surface area contributed by atoms with Crippen LogP contribution in [0.3, 0.4) is 0 Å². The second kappa shape index (κ2) is 8.46. The molecule has 1 aromatic carbocycles. The number of hydrogen-bond donors (Lipinski definition) is 0. The Morgan fingerprint density at radius 3 is 2.00 bits per heavy atom. The maximum absolute atomic E-state index is 13.0. The van der Waals surface area contributed by atoms with E-state index in [1.807, 2.05) is 12.1 Å². The van der Waals surface area contributed by atoms with Gasteiger partial charge in [0.25, 0.3) is 0 Å². The summed E-state index contributed by atoms with van der Waals surface area (Å²) in [5, 5.41) is 0. The van der Waals surface area contributed by atoms with Gasteiger partial charge in [-0.1, -0.05) is 62.9 Å². The van der Waals surface area contributed by atoms with Crippen molar-refractivity contribution < 1.29 is 4.39 Å². The molecule has 3 rings (SSSR count). The van der Waals surface area contributed by atoms with Crippen molar-refractivity contribution in [3.63, 3.8) is 0 Å². The molecular formula is C21H33FSi. The normalized spacial score (nSPS) is 31.9. The minimum Gasteiger partial charge on any atom is -0.207 e. The molecule has 23 heavy (non-hydrogen) atoms. The van der Waals surface area contributed by atoms with Gasteiger partial charge < -0.3 is 0 Å². The van der Waals surface area contributed by atoms with Crippen LogP contribution in [0.5, 0.6) is 0 Å². The molecule has 0 amide bonds. The van der Waals surface area contributed by atoms with Gasteiger partial charge in [-0.25, -0.2) is 4.39 Å². The topological polar surface area (TPSA) is 0 Å². The van der Waals surface area contributed by atoms with Gasteiger partial charge in [-0.2, -0.15) is 0 Å². The molecule has 2 heteroatoms. The van der Waals surface area contributed by atoms with Crippen molar-refractivity contribution in [2.45, 2.75) is 82.3 Å². The van der Waals surface area contributed by atoms with Gasteiger partial charge in [-0.15, -0.1) is 0 Å². The van der Waals surface area contributed by atoms with Crippen LogP contribution < -0.4 is 0 Å². The first-order valence-corrected chi connectivity index (χ1v) is 12.4. The maximum atomic E-state index is 13.0. The van der Waals surface area contributed by atoms with Crippen LogP contribution in [0.2, 0.25) is 18.1 Å². The quantitative estimate of drug-likeness (QED) is 0.537. The summed E-state index contributed by atoms with van der Waals surface area (Å²) < 4.78 is 13.0. The fourth-order valence-electron chi connectivity index (χ4n) is 4.92. The lowest BCUT2D eigenvalue weighted by Crippen LogP contribution is -2.21. The molecule has 0 N–H and O–H groups in total. The molecule has 0 atom stereocenters. The summed E-state index contributed by atoms with van der Waals surface area (Å²) in [6.07, 6.45) is 11.5. The summed E-state index contributed by atoms with van der Waals surface area (Å²) in [4.78, 5) is 0. The monoisotopic (exact) mass is 332 g/mol. The van der Waals surface area contributed by atoms with Gasteiger partial charge in [0.1, 0.15) is 5.82 Å². The molecule has 1 saturated carbocycles. The third-order valence-electron chi connectivity index (χ3n) is 6.72. The molecule has 0 bridgehead atoms. The Kier molecular flexibility index (Phi) is 6.33. The Balaban J connectivity index is 1.37. The van der Waals surface area contributed by atoms with Crippen molar-refractivity contribution in [1.82, 2.24) is 0 Å². The third kappa shape index (κ3) is 4.92. The molecule has 1 aliphatic carbocycles. The average Bonchev–Trinajstić information content (AvgIpc) is 2.61. The lowest BCUT2D eigenvalue weighted by molar-refractivity contribution is 0.280. The molecule has 0 aromatic heterocycles. The van der Waals surface area contributed by atoms with Gasteiger partial charge in [-0.05, 0) is 61.1 Å². The van der Waals surface area contributed by atoms with Gasteiger partial charge in [-0.3, -0.25) is 0 Å². The summed E-state index contributed by atoms with van der Waals surface area (Å²) in [5.41, 5.74) is 1.35. The van der Waals surface area contributed by atoms with E-state index in [4.69, 9.17) is 0 Å². The van der Waals surface area contributed by atoms with Crippen LogP contribution in [-0.4, -0.2) is 8.80 Å². The first-order chi connectivity index (χ1) is 11.2. The molecule has 1 heterocycles. The SMILES string of the molecule is CC[Si@H]1CC[C@H](CC[C@H]2CC[C@H](c3ccc(F)cc3)CC2)CC1. The van der Waals surface area contributed by atoms with Crippen molar-refractivity contribution >= 4 is 8.80 Å². The minimum atomic E-state index is -0.277. The Labute approximate surface area is 143 Å². The first kappa shape index (κ1) is 17.2. The zero-order valence-electron chi connectivity index (χ0n) is 14.8. The largest absolute Gasteiger partial charge is 0.207 e. The fraction of sp³-hybridized carbons (Fsp3) is 0.714. The highest BCUT2D eigenvalue weighted by atomic mass is 28.3. The van der Waals surface area contributed by atoms with Gasteiger partial charge in [0.15, 0.2) is 0 Å². The molecule has 1 saturated heterocycles. The molecule has 1 aliphatic heterocycles. The fourth-order valence-corrected chi connectivity index (χ4v) is 7.91. The van der Waals surface area contributed by atoms with Crippen LogP contribution in [0.4, 0.5) is 4.39 Å². The van der Waals surface area contributed by atoms with Crippen molar-refractivity contribution in [1.29, 1.82) is 0 Å². The predicted molar refractivity (Wildman–Crippen MR) is 100 cm³/mol. The highest BCUT2D eigenvalue weighted by Crippen LogP contribution is 2.39. The van der Waals surface area contributed by atoms with Gasteiger partial charge in [0.2, 0.25) is 0 Å². The smallest absolute Gasteiger partial charge is 0.123 e. The summed E-state index contributed by atoms with van der Waals surface area (Å²) >= 11 is 0. The van der Waals surface area contributed by atoms with Gasteiger partial charge >= 0.3 is 0 Å². The van der Waals surface area contributed by atoms with Crippen LogP contribution in [0.1, 0.15) is 69.8 Å². The van der Waals surface area contributed by atoms with E-state index >= 15 is 0 Å². The lowest BCUT2D eigenvalue weighted by atomic mass is 9.76. The number of benzene rings is 1. The van der Waals surface area contributed by atoms with E-state index in [2.05, 4.69) is 6.92 Å². The molecule has 2 fully saturated rings. The molecule has 0 spiro atoms. The van der Waals surface area contributed by atoms with Crippen molar-refractivity contribution in [2.24, 2.45) is 11.8 Å². The Morgan fingerprint density at radius 2 is 1.43 bits per heavy atom. The predicted octanol–water partition coefficient (Wildman–Crippen LogP) is 6.54. The highest BCUT2D eigenvalue weighted by molar-refractivity contribution is 6.58. The molecule has 0 unspecified atom stereocenters. The summed E-state index contributed by atoms with van der Waals surface area (Å²) in [6.45, 7) is 2.41. The first-order valence-electron chi connectivity index (χ1n) is 10.00.